The van der Waals surface area contributed by atoms with Crippen LogP contribution in [-0.2, 0) is 18.6 Å². The summed E-state index contributed by atoms with van der Waals surface area (Å²) in [6.45, 7) is 3.25. The molecule has 0 saturated carbocycles. The van der Waals surface area contributed by atoms with E-state index in [0.29, 0.717) is 24.1 Å². The number of rotatable bonds is 27. The van der Waals surface area contributed by atoms with E-state index in [1.165, 1.54) is 89.9 Å². The van der Waals surface area contributed by atoms with Gasteiger partial charge in [0.1, 0.15) is 12.6 Å². The molecule has 0 radical (unpaired) electrons. The SMILES string of the molecule is CCCCCCCCCCCCCCCCSCC(COC)(COC)CC(COP(=O)([O-])O)[N+](C)(C)C. The smallest absolute Gasteiger partial charge is 0.265 e. The molecule has 0 aromatic rings. The quantitative estimate of drug-likeness (QED) is 0.0693. The molecular formula is C28H60NO6PS. The maximum absolute atomic E-state index is 11.2. The Hall–Kier alpha value is 0.340. The standard InChI is InChI=1S/C28H60NO6PS/c1-7-8-9-10-11-12-13-14-15-16-17-18-19-20-21-37-26-28(24-33-5,25-34-6)22-27(29(2,3)4)23-35-36(30,31)32/h27H,7-26H2,1-6H3,(H-,30,31,32). The molecule has 2 atom stereocenters. The second-order valence-electron chi connectivity index (χ2n) is 11.8. The van der Waals surface area contributed by atoms with Crippen molar-refractivity contribution in [1.82, 2.24) is 0 Å². The number of thioether (sulfide) groups is 1. The fraction of sp³-hybridized carbons (Fsp3) is 1.00. The van der Waals surface area contributed by atoms with Crippen LogP contribution in [0.2, 0.25) is 0 Å². The molecule has 37 heavy (non-hydrogen) atoms. The molecule has 2 unspecified atom stereocenters. The van der Waals surface area contributed by atoms with Gasteiger partial charge in [0.25, 0.3) is 7.82 Å². The number of likely N-dealkylation sites (N-methyl/N-ethyl adjacent to an activating group) is 1. The number of phosphoric ester groups is 1. The van der Waals surface area contributed by atoms with Gasteiger partial charge in [0.2, 0.25) is 0 Å². The summed E-state index contributed by atoms with van der Waals surface area (Å²) in [4.78, 5) is 20.3. The first kappa shape index (κ1) is 37.3. The van der Waals surface area contributed by atoms with Crippen molar-refractivity contribution in [1.29, 1.82) is 0 Å². The normalized spacial score (nSPS) is 15.1. The fourth-order valence-corrected chi connectivity index (χ4v) is 6.47. The van der Waals surface area contributed by atoms with Gasteiger partial charge in [-0.15, -0.1) is 0 Å². The summed E-state index contributed by atoms with van der Waals surface area (Å²) in [6, 6.07) is -0.138. The maximum Gasteiger partial charge on any atom is 0.265 e. The first-order valence-corrected chi connectivity index (χ1v) is 17.2. The molecule has 0 aliphatic carbocycles. The van der Waals surface area contributed by atoms with Crippen LogP contribution < -0.4 is 4.89 Å². The predicted octanol–water partition coefficient (Wildman–Crippen LogP) is 6.42. The molecule has 0 amide bonds. The van der Waals surface area contributed by atoms with Crippen molar-refractivity contribution in [2.45, 2.75) is 109 Å². The van der Waals surface area contributed by atoms with Crippen LogP contribution in [0.3, 0.4) is 0 Å². The van der Waals surface area contributed by atoms with E-state index in [1.54, 1.807) is 14.2 Å². The number of unbranched alkanes of at least 4 members (excludes halogenated alkanes) is 13. The van der Waals surface area contributed by atoms with Gasteiger partial charge in [0.15, 0.2) is 0 Å². The van der Waals surface area contributed by atoms with Crippen molar-refractivity contribution in [3.8, 4) is 0 Å². The number of hydrogen-bond donors (Lipinski definition) is 1. The van der Waals surface area contributed by atoms with Gasteiger partial charge in [0.05, 0.1) is 34.4 Å². The second-order valence-corrected chi connectivity index (χ2v) is 14.1. The Bertz CT molecular complexity index is 563. The van der Waals surface area contributed by atoms with E-state index in [4.69, 9.17) is 18.9 Å². The van der Waals surface area contributed by atoms with Crippen molar-refractivity contribution in [2.24, 2.45) is 5.41 Å². The molecule has 0 fully saturated rings. The Morgan fingerprint density at radius 3 is 1.65 bits per heavy atom. The van der Waals surface area contributed by atoms with Crippen LogP contribution in [0, 0.1) is 5.41 Å². The molecule has 0 heterocycles. The summed E-state index contributed by atoms with van der Waals surface area (Å²) < 4.78 is 27.7. The van der Waals surface area contributed by atoms with E-state index in [2.05, 4.69) is 6.92 Å². The summed E-state index contributed by atoms with van der Waals surface area (Å²) in [5.41, 5.74) is -0.258. The van der Waals surface area contributed by atoms with Crippen molar-refractivity contribution in [2.75, 3.05) is 66.7 Å². The first-order chi connectivity index (χ1) is 17.5. The third-order valence-corrected chi connectivity index (χ3v) is 9.01. The molecule has 0 aliphatic heterocycles. The van der Waals surface area contributed by atoms with Crippen LogP contribution in [0.4, 0.5) is 0 Å². The van der Waals surface area contributed by atoms with E-state index in [0.717, 1.165) is 11.5 Å². The van der Waals surface area contributed by atoms with E-state index in [-0.39, 0.29) is 18.1 Å². The summed E-state index contributed by atoms with van der Waals surface area (Å²) in [5.74, 6) is 1.98. The van der Waals surface area contributed by atoms with Gasteiger partial charge >= 0.3 is 0 Å². The van der Waals surface area contributed by atoms with Gasteiger partial charge in [-0.3, -0.25) is 4.57 Å². The maximum atomic E-state index is 11.2. The Labute approximate surface area is 233 Å². The minimum atomic E-state index is -4.77. The molecular weight excluding hydrogens is 509 g/mol. The minimum Gasteiger partial charge on any atom is -0.756 e. The number of methoxy groups -OCH3 is 2. The highest BCUT2D eigenvalue weighted by Gasteiger charge is 2.39. The third-order valence-electron chi connectivity index (χ3n) is 7.15. The molecule has 0 aromatic carbocycles. The molecule has 0 aliphatic rings. The summed E-state index contributed by atoms with van der Waals surface area (Å²) in [5, 5.41) is 0. The van der Waals surface area contributed by atoms with Gasteiger partial charge in [-0.2, -0.15) is 11.8 Å². The van der Waals surface area contributed by atoms with Crippen LogP contribution in [0.15, 0.2) is 0 Å². The lowest BCUT2D eigenvalue weighted by atomic mass is 9.84. The highest BCUT2D eigenvalue weighted by molar-refractivity contribution is 7.99. The molecule has 0 aromatic heterocycles. The van der Waals surface area contributed by atoms with Gasteiger partial charge in [0, 0.05) is 31.8 Å². The van der Waals surface area contributed by atoms with Crippen LogP contribution in [0.5, 0.6) is 0 Å². The van der Waals surface area contributed by atoms with Crippen LogP contribution in [-0.4, -0.2) is 82.1 Å². The lowest BCUT2D eigenvalue weighted by Gasteiger charge is -2.41. The van der Waals surface area contributed by atoms with E-state index in [1.807, 2.05) is 32.9 Å². The zero-order valence-electron chi connectivity index (χ0n) is 25.0. The third kappa shape index (κ3) is 21.8. The van der Waals surface area contributed by atoms with E-state index >= 15 is 0 Å². The number of nitrogens with zero attached hydrogens (tertiary/aromatic N) is 1. The highest BCUT2D eigenvalue weighted by atomic mass is 32.2. The molecule has 9 heteroatoms. The van der Waals surface area contributed by atoms with E-state index in [9.17, 15) is 9.46 Å². The molecule has 1 N–H and O–H groups in total. The van der Waals surface area contributed by atoms with Crippen molar-refractivity contribution in [3.63, 3.8) is 0 Å². The predicted molar refractivity (Wildman–Crippen MR) is 156 cm³/mol. The Kier molecular flexibility index (Phi) is 22.3. The molecule has 0 saturated heterocycles. The van der Waals surface area contributed by atoms with Crippen LogP contribution in [0.25, 0.3) is 0 Å². The first-order valence-electron chi connectivity index (χ1n) is 14.5. The minimum absolute atomic E-state index is 0.0699. The zero-order chi connectivity index (χ0) is 28.0. The average molecular weight is 570 g/mol. The van der Waals surface area contributed by atoms with E-state index < -0.39 is 7.82 Å². The van der Waals surface area contributed by atoms with Gasteiger partial charge < -0.3 is 28.3 Å². The second kappa shape index (κ2) is 22.1. The lowest BCUT2D eigenvalue weighted by Crippen LogP contribution is -2.52. The molecule has 0 rings (SSSR count). The number of quaternary nitrogens is 1. The Morgan fingerprint density at radius 1 is 0.838 bits per heavy atom. The van der Waals surface area contributed by atoms with Gasteiger partial charge in [-0.1, -0.05) is 90.4 Å². The summed E-state index contributed by atoms with van der Waals surface area (Å²) in [7, 11) is 4.64. The number of ether oxygens (including phenoxy) is 2. The van der Waals surface area contributed by atoms with Crippen molar-refractivity contribution in [3.05, 3.63) is 0 Å². The van der Waals surface area contributed by atoms with Crippen molar-refractivity contribution < 1.29 is 32.8 Å². The lowest BCUT2D eigenvalue weighted by molar-refractivity contribution is -0.897. The van der Waals surface area contributed by atoms with Crippen LogP contribution >= 0.6 is 19.6 Å². The zero-order valence-corrected chi connectivity index (χ0v) is 26.7. The Balaban J connectivity index is 4.30. The number of phosphoric acid groups is 1. The fourth-order valence-electron chi connectivity index (χ4n) is 4.84. The number of hydrogen-bond acceptors (Lipinski definition) is 6. The van der Waals surface area contributed by atoms with Gasteiger partial charge in [-0.25, -0.2) is 0 Å². The van der Waals surface area contributed by atoms with Crippen LogP contribution in [0.1, 0.15) is 103 Å². The Morgan fingerprint density at radius 2 is 1.27 bits per heavy atom. The molecule has 0 bridgehead atoms. The molecule has 7 nitrogen and oxygen atoms in total. The van der Waals surface area contributed by atoms with Gasteiger partial charge in [-0.05, 0) is 12.2 Å². The summed E-state index contributed by atoms with van der Waals surface area (Å²) >= 11 is 1.93. The van der Waals surface area contributed by atoms with Crippen molar-refractivity contribution >= 4 is 19.6 Å². The molecule has 0 spiro atoms. The average Bonchev–Trinajstić information content (AvgIpc) is 2.80. The topological polar surface area (TPSA) is 88.1 Å². The highest BCUT2D eigenvalue weighted by Crippen LogP contribution is 2.36. The summed E-state index contributed by atoms with van der Waals surface area (Å²) in [6.07, 6.45) is 19.8. The monoisotopic (exact) mass is 569 g/mol. The largest absolute Gasteiger partial charge is 0.756 e. The molecule has 224 valence electrons.